The van der Waals surface area contributed by atoms with Crippen LogP contribution in [0.1, 0.15) is 51.8 Å². The first-order valence-electron chi connectivity index (χ1n) is 12.0. The molecule has 2 heterocycles. The Morgan fingerprint density at radius 1 is 0.972 bits per heavy atom. The number of aromatic nitrogens is 1. The predicted octanol–water partition coefficient (Wildman–Crippen LogP) is 5.45. The number of carbonyl (C=O) groups is 2. The van der Waals surface area contributed by atoms with Crippen molar-refractivity contribution in [3.8, 4) is 0 Å². The number of hydrogen-bond acceptors (Lipinski definition) is 4. The van der Waals surface area contributed by atoms with Crippen LogP contribution >= 0.6 is 11.8 Å². The number of benzene rings is 3. The van der Waals surface area contributed by atoms with E-state index in [0.29, 0.717) is 23.4 Å². The molecule has 180 valence electrons. The van der Waals surface area contributed by atoms with Gasteiger partial charge >= 0.3 is 5.97 Å². The molecular weight excluding hydrogens is 472 g/mol. The van der Waals surface area contributed by atoms with Crippen LogP contribution in [0, 0.1) is 0 Å². The van der Waals surface area contributed by atoms with E-state index >= 15 is 0 Å². The van der Waals surface area contributed by atoms with Crippen LogP contribution in [0.4, 0.5) is 5.69 Å². The van der Waals surface area contributed by atoms with E-state index in [1.54, 1.807) is 12.1 Å². The fourth-order valence-corrected chi connectivity index (χ4v) is 6.58. The quantitative estimate of drug-likeness (QED) is 0.370. The summed E-state index contributed by atoms with van der Waals surface area (Å²) in [5, 5.41) is 16.0. The van der Waals surface area contributed by atoms with Crippen molar-refractivity contribution in [3.05, 3.63) is 105 Å². The van der Waals surface area contributed by atoms with Crippen molar-refractivity contribution in [3.63, 3.8) is 0 Å². The molecule has 0 radical (unpaired) electrons. The number of thioether (sulfide) groups is 1. The molecule has 0 saturated heterocycles. The van der Waals surface area contributed by atoms with Gasteiger partial charge in [0.05, 0.1) is 5.03 Å². The van der Waals surface area contributed by atoms with Gasteiger partial charge in [-0.2, -0.15) is 0 Å². The third-order valence-electron chi connectivity index (χ3n) is 6.99. The second-order valence-corrected chi connectivity index (χ2v) is 10.3. The second-order valence-electron chi connectivity index (χ2n) is 9.32. The molecule has 1 unspecified atom stereocenters. The van der Waals surface area contributed by atoms with Crippen LogP contribution in [0.2, 0.25) is 0 Å². The Kier molecular flexibility index (Phi) is 5.64. The Morgan fingerprint density at radius 3 is 2.44 bits per heavy atom. The minimum absolute atomic E-state index is 0.207. The smallest absolute Gasteiger partial charge is 0.341 e. The van der Waals surface area contributed by atoms with Gasteiger partial charge in [0.1, 0.15) is 11.6 Å². The molecule has 1 saturated carbocycles. The number of fused-ring (bicyclic) bond motifs is 2. The summed E-state index contributed by atoms with van der Waals surface area (Å²) in [6, 6.07) is 22.3. The third-order valence-corrected chi connectivity index (χ3v) is 8.16. The average molecular weight is 497 g/mol. The molecule has 2 N–H and O–H groups in total. The molecular formula is C29H24N2O4S. The van der Waals surface area contributed by atoms with Crippen LogP contribution in [-0.4, -0.2) is 27.3 Å². The number of hydrogen-bond donors (Lipinski definition) is 2. The van der Waals surface area contributed by atoms with Crippen LogP contribution in [0.3, 0.4) is 0 Å². The largest absolute Gasteiger partial charge is 0.477 e. The van der Waals surface area contributed by atoms with E-state index in [2.05, 4.69) is 5.32 Å². The predicted molar refractivity (Wildman–Crippen MR) is 141 cm³/mol. The van der Waals surface area contributed by atoms with Crippen molar-refractivity contribution < 1.29 is 14.7 Å². The fraction of sp³-hybridized carbons (Fsp3) is 0.207. The number of anilines is 1. The topological polar surface area (TPSA) is 88.4 Å². The van der Waals surface area contributed by atoms with Crippen molar-refractivity contribution in [2.75, 3.05) is 11.1 Å². The minimum Gasteiger partial charge on any atom is -0.477 e. The molecule has 1 atom stereocenters. The van der Waals surface area contributed by atoms with Crippen LogP contribution in [0.15, 0.2) is 82.6 Å². The van der Waals surface area contributed by atoms with Gasteiger partial charge in [0, 0.05) is 11.4 Å². The molecule has 1 amide bonds. The molecule has 6 rings (SSSR count). The highest BCUT2D eigenvalue weighted by Gasteiger charge is 2.40. The molecule has 1 fully saturated rings. The highest BCUT2D eigenvalue weighted by atomic mass is 32.2. The summed E-state index contributed by atoms with van der Waals surface area (Å²) in [7, 11) is 0. The lowest BCUT2D eigenvalue weighted by molar-refractivity contribution is -0.118. The van der Waals surface area contributed by atoms with E-state index in [4.69, 9.17) is 0 Å². The monoisotopic (exact) mass is 496 g/mol. The van der Waals surface area contributed by atoms with Crippen molar-refractivity contribution in [2.24, 2.45) is 0 Å². The summed E-state index contributed by atoms with van der Waals surface area (Å²) >= 11 is 1.48. The molecule has 1 aromatic heterocycles. The van der Waals surface area contributed by atoms with E-state index in [0.717, 1.165) is 39.8 Å². The second kappa shape index (κ2) is 8.99. The van der Waals surface area contributed by atoms with E-state index in [1.807, 2.05) is 60.7 Å². The summed E-state index contributed by atoms with van der Waals surface area (Å²) in [5.74, 6) is -0.955. The van der Waals surface area contributed by atoms with E-state index < -0.39 is 17.6 Å². The van der Waals surface area contributed by atoms with Crippen molar-refractivity contribution in [2.45, 2.75) is 36.2 Å². The molecule has 6 nitrogen and oxygen atoms in total. The Balaban J connectivity index is 1.49. The zero-order chi connectivity index (χ0) is 24.8. The number of amides is 1. The fourth-order valence-electron chi connectivity index (χ4n) is 5.17. The summed E-state index contributed by atoms with van der Waals surface area (Å²) in [4.78, 5) is 39.5. The van der Waals surface area contributed by atoms with Crippen molar-refractivity contribution in [1.82, 2.24) is 4.57 Å². The number of pyridine rings is 1. The van der Waals surface area contributed by atoms with Crippen molar-refractivity contribution >= 4 is 40.1 Å². The highest BCUT2D eigenvalue weighted by molar-refractivity contribution is 7.99. The van der Waals surface area contributed by atoms with Crippen molar-refractivity contribution in [1.29, 1.82) is 0 Å². The lowest BCUT2D eigenvalue weighted by Gasteiger charge is -2.20. The lowest BCUT2D eigenvalue weighted by atomic mass is 9.91. The van der Waals surface area contributed by atoms with Gasteiger partial charge < -0.3 is 10.4 Å². The molecule has 0 bridgehead atoms. The van der Waals surface area contributed by atoms with Gasteiger partial charge in [0.2, 0.25) is 5.91 Å². The Morgan fingerprint density at radius 2 is 1.69 bits per heavy atom. The zero-order valence-electron chi connectivity index (χ0n) is 19.4. The van der Waals surface area contributed by atoms with Gasteiger partial charge in [-0.1, -0.05) is 60.7 Å². The number of para-hydroxylation sites is 1. The molecule has 1 aliphatic carbocycles. The van der Waals surface area contributed by atoms with Gasteiger partial charge in [0.15, 0.2) is 0 Å². The third kappa shape index (κ3) is 3.89. The number of carboxylic acid groups (broad SMARTS) is 1. The molecule has 2 aliphatic rings. The Bertz CT molecular complexity index is 1570. The molecule has 3 aromatic carbocycles. The Hall–Kier alpha value is -3.84. The normalized spacial score (nSPS) is 16.6. The lowest BCUT2D eigenvalue weighted by Crippen LogP contribution is -2.36. The maximum Gasteiger partial charge on any atom is 0.341 e. The van der Waals surface area contributed by atoms with E-state index in [1.165, 1.54) is 16.3 Å². The minimum atomic E-state index is -1.24. The van der Waals surface area contributed by atoms with Gasteiger partial charge in [-0.15, -0.1) is 11.8 Å². The van der Waals surface area contributed by atoms with Gasteiger partial charge in [0.25, 0.3) is 5.56 Å². The highest BCUT2D eigenvalue weighted by Crippen LogP contribution is 2.49. The SMILES string of the molecule is O=C(O)c1c(Cc2cccc3ccccc23)c(C2CC2)c2n(c1=O)C(C(=O)Nc1ccccc1)CS2. The Labute approximate surface area is 212 Å². The van der Waals surface area contributed by atoms with E-state index in [9.17, 15) is 19.5 Å². The summed E-state index contributed by atoms with van der Waals surface area (Å²) < 4.78 is 1.44. The van der Waals surface area contributed by atoms with Gasteiger partial charge in [-0.25, -0.2) is 4.79 Å². The molecule has 4 aromatic rings. The number of aromatic carboxylic acids is 1. The van der Waals surface area contributed by atoms with Crippen LogP contribution < -0.4 is 10.9 Å². The molecule has 7 heteroatoms. The summed E-state index contributed by atoms with van der Waals surface area (Å²) in [5.41, 5.74) is 2.34. The first-order chi connectivity index (χ1) is 17.5. The number of rotatable bonds is 6. The summed E-state index contributed by atoms with van der Waals surface area (Å²) in [6.07, 6.45) is 2.27. The van der Waals surface area contributed by atoms with Crippen LogP contribution in [-0.2, 0) is 11.2 Å². The maximum atomic E-state index is 13.7. The van der Waals surface area contributed by atoms with Gasteiger partial charge in [-0.3, -0.25) is 14.2 Å². The number of carboxylic acids is 1. The average Bonchev–Trinajstić information content (AvgIpc) is 3.61. The number of carbonyl (C=O) groups excluding carboxylic acids is 1. The van der Waals surface area contributed by atoms with Crippen LogP contribution in [0.25, 0.3) is 10.8 Å². The molecule has 36 heavy (non-hydrogen) atoms. The summed E-state index contributed by atoms with van der Waals surface area (Å²) in [6.45, 7) is 0. The molecule has 0 spiro atoms. The first kappa shape index (κ1) is 22.6. The van der Waals surface area contributed by atoms with Crippen LogP contribution in [0.5, 0.6) is 0 Å². The molecule has 1 aliphatic heterocycles. The first-order valence-corrected chi connectivity index (χ1v) is 13.0. The standard InChI is InChI=1S/C29H24N2O4S/c32-26(30-20-10-2-1-3-11-20)23-16-36-28-24(18-13-14-18)22(25(29(34)35)27(33)31(23)28)15-19-9-6-8-17-7-4-5-12-21(17)19/h1-12,18,23H,13-16H2,(H,30,32)(H,34,35). The zero-order valence-corrected chi connectivity index (χ0v) is 20.3. The number of nitrogens with zero attached hydrogens (tertiary/aromatic N) is 1. The van der Waals surface area contributed by atoms with E-state index in [-0.39, 0.29) is 17.4 Å². The maximum absolute atomic E-state index is 13.7. The van der Waals surface area contributed by atoms with Gasteiger partial charge in [-0.05, 0) is 64.8 Å². The number of nitrogens with one attached hydrogen (secondary N) is 1.